The molecule has 4 aromatic rings. The number of piperidine rings is 1. The normalized spacial score (nSPS) is 23.7. The summed E-state index contributed by atoms with van der Waals surface area (Å²) in [6.07, 6.45) is 10.1. The van der Waals surface area contributed by atoms with Crippen molar-refractivity contribution in [2.24, 2.45) is 5.41 Å². The maximum atomic E-state index is 16.9. The van der Waals surface area contributed by atoms with Gasteiger partial charge >= 0.3 is 6.01 Å². The molecule has 3 aliphatic heterocycles. The molecule has 2 bridgehead atoms. The summed E-state index contributed by atoms with van der Waals surface area (Å²) in [5.74, 6) is -0.206. The van der Waals surface area contributed by atoms with E-state index in [2.05, 4.69) is 21.1 Å². The molecule has 0 amide bonds. The molecule has 0 spiro atoms. The van der Waals surface area contributed by atoms with Gasteiger partial charge in [0, 0.05) is 60.0 Å². The van der Waals surface area contributed by atoms with Gasteiger partial charge in [-0.1, -0.05) is 12.0 Å². The third-order valence-corrected chi connectivity index (χ3v) is 10.3. The number of hydrogen-bond donors (Lipinski definition) is 2. The lowest BCUT2D eigenvalue weighted by atomic mass is 9.92. The van der Waals surface area contributed by atoms with Crippen LogP contribution in [0, 0.1) is 35.2 Å². The first-order valence-corrected chi connectivity index (χ1v) is 16.3. The molecule has 7 nitrogen and oxygen atoms in total. The van der Waals surface area contributed by atoms with E-state index in [1.165, 1.54) is 24.3 Å². The van der Waals surface area contributed by atoms with E-state index in [0.29, 0.717) is 43.8 Å². The molecule has 3 atom stereocenters. The topological polar surface area (TPSA) is 73.8 Å². The van der Waals surface area contributed by atoms with Gasteiger partial charge in [0.15, 0.2) is 5.82 Å². The number of fused-ring (bicyclic) bond motifs is 4. The first-order chi connectivity index (χ1) is 22.7. The summed E-state index contributed by atoms with van der Waals surface area (Å²) in [4.78, 5) is 13.4. The van der Waals surface area contributed by atoms with Gasteiger partial charge in [-0.25, -0.2) is 17.6 Å². The van der Waals surface area contributed by atoms with Crippen molar-refractivity contribution in [2.45, 2.75) is 56.8 Å². The molecule has 0 radical (unpaired) electrons. The summed E-state index contributed by atoms with van der Waals surface area (Å²) in [7, 11) is 0. The number of likely N-dealkylation sites (tertiary alicyclic amines) is 1. The monoisotopic (exact) mass is 645 g/mol. The van der Waals surface area contributed by atoms with Crippen LogP contribution < -0.4 is 15.0 Å². The molecule has 1 saturated carbocycles. The number of phenols is 1. The standard InChI is InChI=1S/C36H35F4N5O2/c1-2-25-28(38)8-5-20-12-24(46)13-26(30(20)25)31-29(39)14-27-33(32(31)40)42-35(43-34(27)45-16-22-6-7-23(17-45)41-22)47-19-36(9-10-36)18-44-11-3-4-21(37)15-44/h1,5,8,12-14,21-23,41,46H,3-4,6-7,9-11,15-19H2/t21-,22?,23?/m1/s1. The van der Waals surface area contributed by atoms with E-state index in [0.717, 1.165) is 44.7 Å². The second-order valence-electron chi connectivity index (χ2n) is 13.7. The van der Waals surface area contributed by atoms with Crippen molar-refractivity contribution in [2.75, 3.05) is 44.2 Å². The maximum absolute atomic E-state index is 16.9. The Hall–Kier alpha value is -4.14. The minimum Gasteiger partial charge on any atom is -0.508 e. The Bertz CT molecular complexity index is 1930. The number of halogens is 4. The number of alkyl halides is 1. The van der Waals surface area contributed by atoms with Gasteiger partial charge in [-0.3, -0.25) is 4.90 Å². The third-order valence-electron chi connectivity index (χ3n) is 10.3. The van der Waals surface area contributed by atoms with Gasteiger partial charge in [0.25, 0.3) is 0 Å². The molecule has 4 fully saturated rings. The quantitative estimate of drug-likeness (QED) is 0.186. The number of aromatic nitrogens is 2. The van der Waals surface area contributed by atoms with Crippen molar-refractivity contribution in [3.8, 4) is 35.2 Å². The van der Waals surface area contributed by atoms with Crippen molar-refractivity contribution in [3.05, 3.63) is 53.3 Å². The second-order valence-corrected chi connectivity index (χ2v) is 13.7. The van der Waals surface area contributed by atoms with E-state index in [1.807, 2.05) is 4.90 Å². The Morgan fingerprint density at radius 1 is 1.02 bits per heavy atom. The molecule has 8 rings (SSSR count). The van der Waals surface area contributed by atoms with E-state index in [-0.39, 0.29) is 63.3 Å². The summed E-state index contributed by atoms with van der Waals surface area (Å²) in [5.41, 5.74) is -1.05. The van der Waals surface area contributed by atoms with Crippen LogP contribution in [0.15, 0.2) is 30.3 Å². The fourth-order valence-electron chi connectivity index (χ4n) is 7.81. The number of piperazine rings is 1. The van der Waals surface area contributed by atoms with Gasteiger partial charge in [-0.2, -0.15) is 9.97 Å². The highest BCUT2D eigenvalue weighted by Crippen LogP contribution is 2.47. The van der Waals surface area contributed by atoms with Crippen molar-refractivity contribution >= 4 is 27.5 Å². The Morgan fingerprint density at radius 2 is 1.81 bits per heavy atom. The van der Waals surface area contributed by atoms with Crippen LogP contribution in [0.5, 0.6) is 11.8 Å². The summed E-state index contributed by atoms with van der Waals surface area (Å²) >= 11 is 0. The SMILES string of the molecule is C#Cc1c(F)ccc2cc(O)cc(-c3c(F)cc4c(N5CC6CCC(C5)N6)nc(OCC5(CN6CCC[C@@H](F)C6)CC5)nc4c3F)c12. The van der Waals surface area contributed by atoms with Gasteiger partial charge in [0.1, 0.15) is 34.9 Å². The molecule has 11 heteroatoms. The van der Waals surface area contributed by atoms with Crippen LogP contribution in [-0.2, 0) is 0 Å². The average Bonchev–Trinajstić information content (AvgIpc) is 3.73. The molecule has 1 aliphatic carbocycles. The largest absolute Gasteiger partial charge is 0.508 e. The zero-order valence-corrected chi connectivity index (χ0v) is 25.8. The molecule has 4 heterocycles. The van der Waals surface area contributed by atoms with Gasteiger partial charge in [-0.05, 0) is 74.7 Å². The number of benzene rings is 3. The Balaban J connectivity index is 1.23. The first kappa shape index (κ1) is 30.2. The van der Waals surface area contributed by atoms with Crippen LogP contribution in [0.25, 0.3) is 32.8 Å². The van der Waals surface area contributed by atoms with Crippen molar-refractivity contribution < 1.29 is 27.4 Å². The zero-order chi connectivity index (χ0) is 32.4. The number of nitrogens with one attached hydrogen (secondary N) is 1. The van der Waals surface area contributed by atoms with Gasteiger partial charge in [-0.15, -0.1) is 6.42 Å². The molecule has 3 saturated heterocycles. The lowest BCUT2D eigenvalue weighted by molar-refractivity contribution is 0.0974. The van der Waals surface area contributed by atoms with E-state index in [9.17, 15) is 13.9 Å². The molecular weight excluding hydrogens is 610 g/mol. The fourth-order valence-corrected chi connectivity index (χ4v) is 7.81. The molecule has 2 unspecified atom stereocenters. The second kappa shape index (κ2) is 11.5. The highest BCUT2D eigenvalue weighted by molar-refractivity contribution is 6.04. The fraction of sp³-hybridized carbons (Fsp3) is 0.444. The van der Waals surface area contributed by atoms with Crippen LogP contribution in [0.4, 0.5) is 23.4 Å². The summed E-state index contributed by atoms with van der Waals surface area (Å²) < 4.78 is 68.2. The molecule has 2 N–H and O–H groups in total. The molecule has 244 valence electrons. The zero-order valence-electron chi connectivity index (χ0n) is 25.8. The first-order valence-electron chi connectivity index (χ1n) is 16.3. The maximum Gasteiger partial charge on any atom is 0.319 e. The van der Waals surface area contributed by atoms with Gasteiger partial charge < -0.3 is 20.1 Å². The molecule has 47 heavy (non-hydrogen) atoms. The molecule has 1 aromatic heterocycles. The smallest absolute Gasteiger partial charge is 0.319 e. The lowest BCUT2D eigenvalue weighted by Crippen LogP contribution is -2.51. The predicted octanol–water partition coefficient (Wildman–Crippen LogP) is 6.09. The molecular formula is C36H35F4N5O2. The number of aromatic hydroxyl groups is 1. The number of ether oxygens (including phenoxy) is 1. The van der Waals surface area contributed by atoms with E-state index < -0.39 is 29.2 Å². The number of hydrogen-bond acceptors (Lipinski definition) is 7. The van der Waals surface area contributed by atoms with Crippen molar-refractivity contribution in [1.82, 2.24) is 20.2 Å². The van der Waals surface area contributed by atoms with Gasteiger partial charge in [0.2, 0.25) is 0 Å². The van der Waals surface area contributed by atoms with Gasteiger partial charge in [0.05, 0.1) is 17.7 Å². The number of anilines is 1. The van der Waals surface area contributed by atoms with Crippen molar-refractivity contribution in [1.29, 1.82) is 0 Å². The number of rotatable bonds is 7. The highest BCUT2D eigenvalue weighted by atomic mass is 19.1. The number of terminal acetylenes is 1. The summed E-state index contributed by atoms with van der Waals surface area (Å²) in [6, 6.07) is 6.74. The van der Waals surface area contributed by atoms with Crippen LogP contribution in [0.3, 0.4) is 0 Å². The number of nitrogens with zero attached hydrogens (tertiary/aromatic N) is 4. The summed E-state index contributed by atoms with van der Waals surface area (Å²) in [5, 5.41) is 14.7. The van der Waals surface area contributed by atoms with Crippen LogP contribution in [-0.4, -0.2) is 77.6 Å². The Morgan fingerprint density at radius 3 is 2.53 bits per heavy atom. The molecule has 3 aromatic carbocycles. The van der Waals surface area contributed by atoms with Crippen LogP contribution in [0.1, 0.15) is 44.1 Å². The van der Waals surface area contributed by atoms with Crippen molar-refractivity contribution in [3.63, 3.8) is 0 Å². The van der Waals surface area contributed by atoms with Crippen LogP contribution in [0.2, 0.25) is 0 Å². The lowest BCUT2D eigenvalue weighted by Gasteiger charge is -2.34. The summed E-state index contributed by atoms with van der Waals surface area (Å²) in [6.45, 7) is 3.47. The van der Waals surface area contributed by atoms with Crippen LogP contribution >= 0.6 is 0 Å². The minimum atomic E-state index is -0.992. The molecule has 4 aliphatic rings. The Labute approximate surface area is 269 Å². The third kappa shape index (κ3) is 5.51. The average molecular weight is 646 g/mol. The number of phenolic OH excluding ortho intramolecular Hbond substituents is 1. The minimum absolute atomic E-state index is 0.0285. The predicted molar refractivity (Wildman–Crippen MR) is 172 cm³/mol. The highest BCUT2D eigenvalue weighted by Gasteiger charge is 2.46. The van der Waals surface area contributed by atoms with E-state index in [4.69, 9.17) is 16.1 Å². The Kier molecular flexibility index (Phi) is 7.41. The van der Waals surface area contributed by atoms with E-state index in [1.54, 1.807) is 0 Å². The van der Waals surface area contributed by atoms with E-state index >= 15 is 8.78 Å².